The Kier molecular flexibility index (Phi) is 5.09. The molecule has 0 aromatic rings. The molecule has 88 valence electrons. The number of amides is 1. The van der Waals surface area contributed by atoms with Crippen molar-refractivity contribution in [2.45, 2.75) is 64.5 Å². The third-order valence-electron chi connectivity index (χ3n) is 3.50. The van der Waals surface area contributed by atoms with Gasteiger partial charge in [-0.15, -0.1) is 0 Å². The van der Waals surface area contributed by atoms with Crippen LogP contribution in [-0.2, 0) is 4.79 Å². The summed E-state index contributed by atoms with van der Waals surface area (Å²) in [6, 6.07) is -0.0496. The van der Waals surface area contributed by atoms with E-state index in [2.05, 4.69) is 12.2 Å². The van der Waals surface area contributed by atoms with Crippen LogP contribution in [-0.4, -0.2) is 18.0 Å². The van der Waals surface area contributed by atoms with Gasteiger partial charge in [0.1, 0.15) is 0 Å². The lowest BCUT2D eigenvalue weighted by atomic mass is 9.84. The molecule has 1 amide bonds. The second kappa shape index (κ2) is 6.11. The second-order valence-electron chi connectivity index (χ2n) is 4.71. The first kappa shape index (κ1) is 12.5. The van der Waals surface area contributed by atoms with Gasteiger partial charge in [0.05, 0.1) is 6.04 Å². The third kappa shape index (κ3) is 3.82. The molecule has 2 atom stereocenters. The topological polar surface area (TPSA) is 55.1 Å². The first-order valence-electron chi connectivity index (χ1n) is 6.21. The lowest BCUT2D eigenvalue weighted by molar-refractivity contribution is -0.123. The van der Waals surface area contributed by atoms with E-state index in [1.807, 2.05) is 6.92 Å². The van der Waals surface area contributed by atoms with Gasteiger partial charge in [-0.25, -0.2) is 0 Å². The quantitative estimate of drug-likeness (QED) is 0.746. The molecule has 0 saturated heterocycles. The fourth-order valence-electron chi connectivity index (χ4n) is 2.27. The van der Waals surface area contributed by atoms with Crippen molar-refractivity contribution in [3.63, 3.8) is 0 Å². The van der Waals surface area contributed by atoms with Gasteiger partial charge >= 0.3 is 0 Å². The molecule has 0 spiro atoms. The minimum atomic E-state index is -0.337. The highest BCUT2D eigenvalue weighted by Crippen LogP contribution is 2.26. The maximum Gasteiger partial charge on any atom is 0.237 e. The maximum atomic E-state index is 11.6. The number of hydrogen-bond acceptors (Lipinski definition) is 2. The molecule has 1 rings (SSSR count). The minimum absolute atomic E-state index is 0.00979. The number of nitrogens with two attached hydrogens (primary N) is 1. The molecule has 0 bridgehead atoms. The Morgan fingerprint density at radius 1 is 1.40 bits per heavy atom. The Labute approximate surface area is 92.8 Å². The lowest BCUT2D eigenvalue weighted by Gasteiger charge is -2.29. The molecule has 1 saturated carbocycles. The normalized spacial score (nSPS) is 22.1. The first-order chi connectivity index (χ1) is 7.15. The second-order valence-corrected chi connectivity index (χ2v) is 4.71. The van der Waals surface area contributed by atoms with E-state index in [0.717, 1.165) is 0 Å². The van der Waals surface area contributed by atoms with Crippen molar-refractivity contribution in [2.75, 3.05) is 0 Å². The number of carbonyl (C=O) groups is 1. The Bertz CT molecular complexity index is 200. The van der Waals surface area contributed by atoms with Gasteiger partial charge in [-0.3, -0.25) is 4.79 Å². The highest BCUT2D eigenvalue weighted by Gasteiger charge is 2.22. The predicted molar refractivity (Wildman–Crippen MR) is 62.4 cm³/mol. The van der Waals surface area contributed by atoms with Crippen LogP contribution in [0, 0.1) is 5.92 Å². The molecule has 0 aliphatic heterocycles. The highest BCUT2D eigenvalue weighted by molar-refractivity contribution is 5.81. The lowest BCUT2D eigenvalue weighted by Crippen LogP contribution is -2.46. The summed E-state index contributed by atoms with van der Waals surface area (Å²) in [6.45, 7) is 4.05. The Morgan fingerprint density at radius 2 is 2.00 bits per heavy atom. The molecule has 1 fully saturated rings. The average molecular weight is 212 g/mol. The van der Waals surface area contributed by atoms with Crippen LogP contribution < -0.4 is 11.1 Å². The SMILES string of the molecule is CC[C@H](N)C(=O)N[C@H](C)C1CCCCC1. The molecule has 3 heteroatoms. The molecule has 1 aliphatic carbocycles. The molecule has 0 heterocycles. The average Bonchev–Trinajstić information content (AvgIpc) is 2.29. The van der Waals surface area contributed by atoms with E-state index in [1.165, 1.54) is 32.1 Å². The van der Waals surface area contributed by atoms with Crippen LogP contribution in [0.1, 0.15) is 52.4 Å². The molecule has 15 heavy (non-hydrogen) atoms. The van der Waals surface area contributed by atoms with Crippen molar-refractivity contribution in [1.82, 2.24) is 5.32 Å². The van der Waals surface area contributed by atoms with Crippen LogP contribution in [0.4, 0.5) is 0 Å². The molecular formula is C12H24N2O. The minimum Gasteiger partial charge on any atom is -0.352 e. The largest absolute Gasteiger partial charge is 0.352 e. The van der Waals surface area contributed by atoms with Gasteiger partial charge in [0, 0.05) is 6.04 Å². The number of nitrogens with one attached hydrogen (secondary N) is 1. The van der Waals surface area contributed by atoms with Crippen molar-refractivity contribution < 1.29 is 4.79 Å². The van der Waals surface area contributed by atoms with Gasteiger partial charge in [0.2, 0.25) is 5.91 Å². The van der Waals surface area contributed by atoms with Crippen molar-refractivity contribution in [3.8, 4) is 0 Å². The summed E-state index contributed by atoms with van der Waals surface area (Å²) in [5.41, 5.74) is 5.68. The highest BCUT2D eigenvalue weighted by atomic mass is 16.2. The van der Waals surface area contributed by atoms with Crippen LogP contribution in [0.2, 0.25) is 0 Å². The molecule has 3 nitrogen and oxygen atoms in total. The Hall–Kier alpha value is -0.570. The zero-order valence-electron chi connectivity index (χ0n) is 9.96. The van der Waals surface area contributed by atoms with Gasteiger partial charge in [0.15, 0.2) is 0 Å². The maximum absolute atomic E-state index is 11.6. The van der Waals surface area contributed by atoms with Gasteiger partial charge in [-0.05, 0) is 32.1 Å². The summed E-state index contributed by atoms with van der Waals surface area (Å²) in [4.78, 5) is 11.6. The molecular weight excluding hydrogens is 188 g/mol. The van der Waals surface area contributed by atoms with Crippen molar-refractivity contribution in [1.29, 1.82) is 0 Å². The molecule has 0 aromatic heterocycles. The van der Waals surface area contributed by atoms with E-state index in [4.69, 9.17) is 5.73 Å². The van der Waals surface area contributed by atoms with E-state index in [0.29, 0.717) is 12.3 Å². The summed E-state index contributed by atoms with van der Waals surface area (Å²) in [5.74, 6) is 0.669. The zero-order valence-corrected chi connectivity index (χ0v) is 9.96. The summed E-state index contributed by atoms with van der Waals surface area (Å²) >= 11 is 0. The number of hydrogen-bond donors (Lipinski definition) is 2. The zero-order chi connectivity index (χ0) is 11.3. The van der Waals surface area contributed by atoms with E-state index < -0.39 is 0 Å². The van der Waals surface area contributed by atoms with Gasteiger partial charge in [-0.1, -0.05) is 26.2 Å². The fraction of sp³-hybridized carbons (Fsp3) is 0.917. The Morgan fingerprint density at radius 3 is 2.53 bits per heavy atom. The van der Waals surface area contributed by atoms with Crippen LogP contribution in [0.5, 0.6) is 0 Å². The molecule has 0 radical (unpaired) electrons. The van der Waals surface area contributed by atoms with Crippen LogP contribution >= 0.6 is 0 Å². The van der Waals surface area contributed by atoms with E-state index in [1.54, 1.807) is 0 Å². The summed E-state index contributed by atoms with van der Waals surface area (Å²) in [7, 11) is 0. The van der Waals surface area contributed by atoms with E-state index in [-0.39, 0.29) is 18.0 Å². The van der Waals surface area contributed by atoms with Crippen LogP contribution in [0.15, 0.2) is 0 Å². The van der Waals surface area contributed by atoms with Crippen LogP contribution in [0.25, 0.3) is 0 Å². The standard InChI is InChI=1S/C12H24N2O/c1-3-11(13)12(15)14-9(2)10-7-5-4-6-8-10/h9-11H,3-8,13H2,1-2H3,(H,14,15)/t9-,11+/m1/s1. The van der Waals surface area contributed by atoms with Gasteiger partial charge < -0.3 is 11.1 Å². The predicted octanol–water partition coefficient (Wildman–Crippen LogP) is 1.81. The monoisotopic (exact) mass is 212 g/mol. The molecule has 1 aliphatic rings. The van der Waals surface area contributed by atoms with E-state index in [9.17, 15) is 4.79 Å². The van der Waals surface area contributed by atoms with Crippen LogP contribution in [0.3, 0.4) is 0 Å². The fourth-order valence-corrected chi connectivity index (χ4v) is 2.27. The summed E-state index contributed by atoms with van der Waals surface area (Å²) < 4.78 is 0. The van der Waals surface area contributed by atoms with Crippen molar-refractivity contribution >= 4 is 5.91 Å². The number of carbonyl (C=O) groups excluding carboxylic acids is 1. The Balaban J connectivity index is 2.33. The molecule has 3 N–H and O–H groups in total. The van der Waals surface area contributed by atoms with Crippen molar-refractivity contribution in [3.05, 3.63) is 0 Å². The number of rotatable bonds is 4. The first-order valence-corrected chi connectivity index (χ1v) is 6.21. The van der Waals surface area contributed by atoms with Crippen molar-refractivity contribution in [2.24, 2.45) is 11.7 Å². The van der Waals surface area contributed by atoms with E-state index >= 15 is 0 Å². The summed E-state index contributed by atoms with van der Waals surface area (Å²) in [6.07, 6.45) is 7.19. The smallest absolute Gasteiger partial charge is 0.237 e. The van der Waals surface area contributed by atoms with Gasteiger partial charge in [-0.2, -0.15) is 0 Å². The third-order valence-corrected chi connectivity index (χ3v) is 3.50. The summed E-state index contributed by atoms with van der Waals surface area (Å²) in [5, 5.41) is 3.04. The van der Waals surface area contributed by atoms with Gasteiger partial charge in [0.25, 0.3) is 0 Å². The molecule has 0 aromatic carbocycles. The molecule has 0 unspecified atom stereocenters.